The number of alkyl halides is 3. The Labute approximate surface area is 122 Å². The fraction of sp³-hybridized carbons (Fsp3) is 0.583. The lowest BCUT2D eigenvalue weighted by molar-refractivity contribution is -0.139. The van der Waals surface area contributed by atoms with E-state index < -0.39 is 23.1 Å². The number of nitrogens with zero attached hydrogens (tertiary/aromatic N) is 2. The number of carbonyl (C=O) groups excluding carboxylic acids is 1. The van der Waals surface area contributed by atoms with Gasteiger partial charge < -0.3 is 10.0 Å². The van der Waals surface area contributed by atoms with Crippen LogP contribution < -0.4 is 0 Å². The van der Waals surface area contributed by atoms with E-state index in [-0.39, 0.29) is 18.0 Å². The number of rotatable bonds is 3. The number of aliphatic carboxylic acids is 1. The molecule has 0 aromatic carbocycles. The van der Waals surface area contributed by atoms with Gasteiger partial charge in [0.05, 0.1) is 0 Å². The van der Waals surface area contributed by atoms with Gasteiger partial charge in [-0.25, -0.2) is 4.98 Å². The summed E-state index contributed by atoms with van der Waals surface area (Å²) in [5.74, 6) is -1.41. The number of likely N-dealkylation sites (tertiary alicyclic amines) is 1. The predicted octanol–water partition coefficient (Wildman–Crippen LogP) is 2.49. The van der Waals surface area contributed by atoms with Crippen LogP contribution in [0.15, 0.2) is 5.38 Å². The largest absolute Gasteiger partial charge is 0.481 e. The van der Waals surface area contributed by atoms with E-state index in [0.29, 0.717) is 37.3 Å². The van der Waals surface area contributed by atoms with Gasteiger partial charge in [-0.2, -0.15) is 13.2 Å². The summed E-state index contributed by atoms with van der Waals surface area (Å²) in [5.41, 5.74) is -0.205. The van der Waals surface area contributed by atoms with Crippen LogP contribution >= 0.6 is 11.3 Å². The summed E-state index contributed by atoms with van der Waals surface area (Å²) in [6.07, 6.45) is -3.42. The monoisotopic (exact) mass is 322 g/mol. The van der Waals surface area contributed by atoms with Gasteiger partial charge in [-0.15, -0.1) is 11.3 Å². The minimum atomic E-state index is -4.54. The Morgan fingerprint density at radius 2 is 2.00 bits per heavy atom. The molecule has 2 rings (SSSR count). The van der Waals surface area contributed by atoms with E-state index in [1.54, 1.807) is 0 Å². The lowest BCUT2D eigenvalue weighted by Crippen LogP contribution is -2.39. The Hall–Kier alpha value is -1.64. The first-order valence-electron chi connectivity index (χ1n) is 6.31. The van der Waals surface area contributed by atoms with Crippen LogP contribution in [0.2, 0.25) is 0 Å². The summed E-state index contributed by atoms with van der Waals surface area (Å²) in [6.45, 7) is 0.686. The second-order valence-electron chi connectivity index (χ2n) is 4.87. The van der Waals surface area contributed by atoms with E-state index in [2.05, 4.69) is 4.98 Å². The zero-order chi connectivity index (χ0) is 15.6. The van der Waals surface area contributed by atoms with Crippen LogP contribution in [0.3, 0.4) is 0 Å². The molecule has 0 saturated carbocycles. The van der Waals surface area contributed by atoms with E-state index in [0.717, 1.165) is 5.38 Å². The summed E-state index contributed by atoms with van der Waals surface area (Å²) in [6, 6.07) is 0. The molecule has 1 aromatic heterocycles. The molecule has 5 nitrogen and oxygen atoms in total. The Kier molecular flexibility index (Phi) is 4.50. The molecule has 1 fully saturated rings. The van der Waals surface area contributed by atoms with Crippen molar-refractivity contribution in [3.05, 3.63) is 16.1 Å². The van der Waals surface area contributed by atoms with Crippen LogP contribution in [0.5, 0.6) is 0 Å². The fourth-order valence-electron chi connectivity index (χ4n) is 2.25. The second-order valence-corrected chi connectivity index (χ2v) is 5.73. The molecule has 0 unspecified atom stereocenters. The van der Waals surface area contributed by atoms with Crippen LogP contribution in [0.1, 0.15) is 34.8 Å². The van der Waals surface area contributed by atoms with Gasteiger partial charge in [-0.1, -0.05) is 0 Å². The number of amides is 1. The standard InChI is InChI=1S/C12H13F3N2O3S/c13-12(14,15)11-16-8(6-21-11)10(20)17-3-1-7(2-4-17)5-9(18)19/h6-7H,1-5H2,(H,18,19). The van der Waals surface area contributed by atoms with Crippen molar-refractivity contribution in [3.63, 3.8) is 0 Å². The number of hydrogen-bond donors (Lipinski definition) is 1. The lowest BCUT2D eigenvalue weighted by atomic mass is 9.93. The zero-order valence-electron chi connectivity index (χ0n) is 10.9. The van der Waals surface area contributed by atoms with Crippen LogP contribution in [-0.2, 0) is 11.0 Å². The summed E-state index contributed by atoms with van der Waals surface area (Å²) < 4.78 is 37.3. The molecule has 0 aliphatic carbocycles. The molecule has 2 heterocycles. The highest BCUT2D eigenvalue weighted by atomic mass is 32.1. The number of halogens is 3. The van der Waals surface area contributed by atoms with Crippen LogP contribution in [-0.4, -0.2) is 40.0 Å². The summed E-state index contributed by atoms with van der Waals surface area (Å²) in [7, 11) is 0. The normalized spacial score (nSPS) is 17.0. The van der Waals surface area contributed by atoms with Crippen molar-refractivity contribution in [2.45, 2.75) is 25.4 Å². The molecule has 0 radical (unpaired) electrons. The smallest absolute Gasteiger partial charge is 0.443 e. The average molecular weight is 322 g/mol. The van der Waals surface area contributed by atoms with Crippen molar-refractivity contribution in [3.8, 4) is 0 Å². The highest BCUT2D eigenvalue weighted by Crippen LogP contribution is 2.32. The first kappa shape index (κ1) is 15.7. The topological polar surface area (TPSA) is 70.5 Å². The number of piperidine rings is 1. The van der Waals surface area contributed by atoms with E-state index in [1.807, 2.05) is 0 Å². The average Bonchev–Trinajstić information content (AvgIpc) is 2.87. The van der Waals surface area contributed by atoms with Crippen molar-refractivity contribution in [1.29, 1.82) is 0 Å². The second kappa shape index (κ2) is 6.00. The molecule has 21 heavy (non-hydrogen) atoms. The Bertz CT molecular complexity index is 536. The molecule has 1 aliphatic rings. The van der Waals surface area contributed by atoms with Crippen LogP contribution in [0.25, 0.3) is 0 Å². The van der Waals surface area contributed by atoms with Crippen molar-refractivity contribution in [2.24, 2.45) is 5.92 Å². The molecule has 1 amide bonds. The quantitative estimate of drug-likeness (QED) is 0.928. The van der Waals surface area contributed by atoms with Crippen LogP contribution in [0.4, 0.5) is 13.2 Å². The molecule has 0 atom stereocenters. The zero-order valence-corrected chi connectivity index (χ0v) is 11.7. The van der Waals surface area contributed by atoms with Crippen molar-refractivity contribution in [1.82, 2.24) is 9.88 Å². The number of carbonyl (C=O) groups is 2. The molecule has 1 saturated heterocycles. The Morgan fingerprint density at radius 3 is 2.48 bits per heavy atom. The van der Waals surface area contributed by atoms with Crippen LogP contribution in [0, 0.1) is 5.92 Å². The molecule has 9 heteroatoms. The van der Waals surface area contributed by atoms with Gasteiger partial charge in [0.1, 0.15) is 5.69 Å². The predicted molar refractivity (Wildman–Crippen MR) is 68.0 cm³/mol. The summed E-state index contributed by atoms with van der Waals surface area (Å²) >= 11 is 0.396. The van der Waals surface area contributed by atoms with Gasteiger partial charge in [0.25, 0.3) is 5.91 Å². The maximum absolute atomic E-state index is 12.4. The molecular weight excluding hydrogens is 309 g/mol. The van der Waals surface area contributed by atoms with E-state index in [4.69, 9.17) is 5.11 Å². The number of aromatic nitrogens is 1. The minimum Gasteiger partial charge on any atom is -0.481 e. The highest BCUT2D eigenvalue weighted by molar-refractivity contribution is 7.09. The molecule has 0 spiro atoms. The third-order valence-electron chi connectivity index (χ3n) is 3.33. The van der Waals surface area contributed by atoms with Gasteiger partial charge in [0.2, 0.25) is 0 Å². The van der Waals surface area contributed by atoms with Gasteiger partial charge in [-0.05, 0) is 18.8 Å². The van der Waals surface area contributed by atoms with Gasteiger partial charge in [0, 0.05) is 24.9 Å². The molecule has 0 bridgehead atoms. The number of hydrogen-bond acceptors (Lipinski definition) is 4. The minimum absolute atomic E-state index is 0.00715. The molecule has 1 N–H and O–H groups in total. The molecular formula is C12H13F3N2O3S. The third kappa shape index (κ3) is 3.93. The lowest BCUT2D eigenvalue weighted by Gasteiger charge is -2.30. The Balaban J connectivity index is 1.96. The molecule has 1 aliphatic heterocycles. The summed E-state index contributed by atoms with van der Waals surface area (Å²) in [4.78, 5) is 27.4. The first-order chi connectivity index (χ1) is 9.77. The van der Waals surface area contributed by atoms with Gasteiger partial charge in [0.15, 0.2) is 5.01 Å². The third-order valence-corrected chi connectivity index (χ3v) is 4.22. The van der Waals surface area contributed by atoms with Crippen molar-refractivity contribution < 1.29 is 27.9 Å². The highest BCUT2D eigenvalue weighted by Gasteiger charge is 2.36. The Morgan fingerprint density at radius 1 is 1.38 bits per heavy atom. The molecule has 1 aromatic rings. The van der Waals surface area contributed by atoms with Gasteiger partial charge >= 0.3 is 12.1 Å². The van der Waals surface area contributed by atoms with Gasteiger partial charge in [-0.3, -0.25) is 9.59 Å². The number of carboxylic acid groups (broad SMARTS) is 1. The molecule has 116 valence electrons. The van der Waals surface area contributed by atoms with Crippen molar-refractivity contribution in [2.75, 3.05) is 13.1 Å². The SMILES string of the molecule is O=C(O)CC1CCN(C(=O)c2csc(C(F)(F)F)n2)CC1. The first-order valence-corrected chi connectivity index (χ1v) is 7.19. The van der Waals surface area contributed by atoms with E-state index in [1.165, 1.54) is 4.90 Å². The summed E-state index contributed by atoms with van der Waals surface area (Å²) in [5, 5.41) is 8.77. The van der Waals surface area contributed by atoms with E-state index in [9.17, 15) is 22.8 Å². The number of thiazole rings is 1. The number of carboxylic acids is 1. The maximum atomic E-state index is 12.4. The van der Waals surface area contributed by atoms with E-state index >= 15 is 0 Å². The maximum Gasteiger partial charge on any atom is 0.443 e. The fourth-order valence-corrected chi connectivity index (χ4v) is 2.91. The van der Waals surface area contributed by atoms with Crippen molar-refractivity contribution >= 4 is 23.2 Å².